The molecular weight excluding hydrogens is 273 g/mol. The first-order valence-corrected chi connectivity index (χ1v) is 7.24. The van der Waals surface area contributed by atoms with Crippen molar-refractivity contribution >= 4 is 16.7 Å². The summed E-state index contributed by atoms with van der Waals surface area (Å²) in [5, 5.41) is 0.867. The number of hydrogen-bond acceptors (Lipinski definition) is 3. The number of nitrogens with zero attached hydrogens (tertiary/aromatic N) is 1. The van der Waals surface area contributed by atoms with Crippen molar-refractivity contribution in [1.29, 1.82) is 0 Å². The molecule has 4 nitrogen and oxygen atoms in total. The van der Waals surface area contributed by atoms with Gasteiger partial charge in [-0.25, -0.2) is 4.39 Å². The van der Waals surface area contributed by atoms with Crippen LogP contribution in [-0.4, -0.2) is 22.9 Å². The Labute approximate surface area is 121 Å². The highest BCUT2D eigenvalue weighted by atomic mass is 19.1. The Kier molecular flexibility index (Phi) is 2.87. The molecule has 1 saturated heterocycles. The van der Waals surface area contributed by atoms with E-state index in [-0.39, 0.29) is 30.7 Å². The number of fused-ring (bicyclic) bond motifs is 3. The molecular formula is C16H16FNO3. The van der Waals surface area contributed by atoms with E-state index in [0.29, 0.717) is 24.8 Å². The lowest BCUT2D eigenvalue weighted by Gasteiger charge is -2.34. The molecule has 1 fully saturated rings. The summed E-state index contributed by atoms with van der Waals surface area (Å²) in [6, 6.07) is 5.06. The van der Waals surface area contributed by atoms with Crippen molar-refractivity contribution in [2.45, 2.75) is 45.3 Å². The second-order valence-corrected chi connectivity index (χ2v) is 5.66. The van der Waals surface area contributed by atoms with Crippen molar-refractivity contribution in [3.8, 4) is 0 Å². The minimum atomic E-state index is -0.279. The van der Waals surface area contributed by atoms with E-state index < -0.39 is 0 Å². The smallest absolute Gasteiger partial charge is 0.167 e. The lowest BCUT2D eigenvalue weighted by Crippen LogP contribution is -2.40. The summed E-state index contributed by atoms with van der Waals surface area (Å²) in [7, 11) is 0. The van der Waals surface area contributed by atoms with Gasteiger partial charge in [-0.2, -0.15) is 0 Å². The van der Waals surface area contributed by atoms with Crippen molar-refractivity contribution in [1.82, 2.24) is 4.57 Å². The summed E-state index contributed by atoms with van der Waals surface area (Å²) in [4.78, 5) is 11.7. The summed E-state index contributed by atoms with van der Waals surface area (Å²) in [6.07, 6.45) is 1.34. The van der Waals surface area contributed by atoms with Gasteiger partial charge < -0.3 is 14.0 Å². The van der Waals surface area contributed by atoms with Gasteiger partial charge in [0.25, 0.3) is 0 Å². The van der Waals surface area contributed by atoms with Crippen LogP contribution in [0.15, 0.2) is 18.2 Å². The summed E-state index contributed by atoms with van der Waals surface area (Å²) in [5.41, 5.74) is 2.62. The fraction of sp³-hybridized carbons (Fsp3) is 0.438. The third kappa shape index (κ3) is 2.00. The Morgan fingerprint density at radius 1 is 1.33 bits per heavy atom. The Morgan fingerprint density at radius 2 is 2.14 bits per heavy atom. The number of ether oxygens (including phenoxy) is 2. The first-order chi connectivity index (χ1) is 10.1. The van der Waals surface area contributed by atoms with E-state index in [0.717, 1.165) is 16.6 Å². The molecule has 0 aliphatic carbocycles. The topological polar surface area (TPSA) is 40.5 Å². The SMILES string of the molecule is CC1OC(Cc2c3n(c4c(F)cccc24)CC(=O)CC3)O1. The minimum Gasteiger partial charge on any atom is -0.334 e. The van der Waals surface area contributed by atoms with Crippen LogP contribution >= 0.6 is 0 Å². The number of rotatable bonds is 2. The molecule has 0 saturated carbocycles. The number of hydrogen-bond donors (Lipinski definition) is 0. The molecule has 21 heavy (non-hydrogen) atoms. The molecule has 1 aromatic heterocycles. The maximum atomic E-state index is 14.2. The van der Waals surface area contributed by atoms with Gasteiger partial charge in [-0.05, 0) is 25.0 Å². The molecule has 0 bridgehead atoms. The number of ketones is 1. The van der Waals surface area contributed by atoms with E-state index in [4.69, 9.17) is 9.47 Å². The fourth-order valence-electron chi connectivity index (χ4n) is 3.39. The van der Waals surface area contributed by atoms with Gasteiger partial charge in [0.2, 0.25) is 0 Å². The quantitative estimate of drug-likeness (QED) is 0.853. The standard InChI is InChI=1S/C16H16FNO3/c1-9-20-15(21-9)7-12-11-3-2-4-13(17)16(11)18-8-10(19)5-6-14(12)18/h2-4,9,15H,5-8H2,1H3. The molecule has 5 heteroatoms. The van der Waals surface area contributed by atoms with Crippen molar-refractivity contribution in [2.75, 3.05) is 0 Å². The van der Waals surface area contributed by atoms with Crippen LogP contribution in [0.5, 0.6) is 0 Å². The zero-order valence-electron chi connectivity index (χ0n) is 11.8. The van der Waals surface area contributed by atoms with E-state index in [1.807, 2.05) is 17.6 Å². The summed E-state index contributed by atoms with van der Waals surface area (Å²) >= 11 is 0. The number of para-hydroxylation sites is 1. The molecule has 2 aliphatic rings. The van der Waals surface area contributed by atoms with Crippen molar-refractivity contribution < 1.29 is 18.7 Å². The average Bonchev–Trinajstić information content (AvgIpc) is 2.72. The van der Waals surface area contributed by atoms with Crippen LogP contribution in [-0.2, 0) is 33.7 Å². The van der Waals surface area contributed by atoms with Crippen LogP contribution in [0.3, 0.4) is 0 Å². The van der Waals surface area contributed by atoms with Gasteiger partial charge in [-0.1, -0.05) is 12.1 Å². The maximum absolute atomic E-state index is 14.2. The third-order valence-electron chi connectivity index (χ3n) is 4.29. The van der Waals surface area contributed by atoms with Gasteiger partial charge in [0.1, 0.15) is 5.82 Å². The Hall–Kier alpha value is -1.72. The summed E-state index contributed by atoms with van der Waals surface area (Å²) < 4.78 is 27.1. The zero-order valence-corrected chi connectivity index (χ0v) is 11.8. The van der Waals surface area contributed by atoms with E-state index in [9.17, 15) is 9.18 Å². The van der Waals surface area contributed by atoms with Gasteiger partial charge in [0.15, 0.2) is 18.4 Å². The zero-order chi connectivity index (χ0) is 14.6. The largest absolute Gasteiger partial charge is 0.334 e. The molecule has 0 unspecified atom stereocenters. The second kappa shape index (κ2) is 4.64. The normalized spacial score (nSPS) is 25.0. The molecule has 110 valence electrons. The van der Waals surface area contributed by atoms with Gasteiger partial charge in [-0.3, -0.25) is 4.79 Å². The molecule has 0 spiro atoms. The van der Waals surface area contributed by atoms with Crippen LogP contribution in [0.1, 0.15) is 24.6 Å². The van der Waals surface area contributed by atoms with Crippen molar-refractivity contribution in [2.24, 2.45) is 0 Å². The molecule has 0 amide bonds. The molecule has 0 atom stereocenters. The van der Waals surface area contributed by atoms with E-state index >= 15 is 0 Å². The Morgan fingerprint density at radius 3 is 2.90 bits per heavy atom. The average molecular weight is 289 g/mol. The predicted molar refractivity (Wildman–Crippen MR) is 74.3 cm³/mol. The van der Waals surface area contributed by atoms with Crippen LogP contribution in [0.2, 0.25) is 0 Å². The molecule has 1 aromatic carbocycles. The van der Waals surface area contributed by atoms with Crippen LogP contribution in [0.4, 0.5) is 4.39 Å². The van der Waals surface area contributed by atoms with E-state index in [1.54, 1.807) is 6.07 Å². The maximum Gasteiger partial charge on any atom is 0.167 e. The molecule has 2 aromatic rings. The highest BCUT2D eigenvalue weighted by molar-refractivity contribution is 5.90. The Balaban J connectivity index is 1.85. The highest BCUT2D eigenvalue weighted by Crippen LogP contribution is 2.34. The number of aromatic nitrogens is 1. The molecule has 0 radical (unpaired) electrons. The number of carbonyl (C=O) groups excluding carboxylic acids is 1. The van der Waals surface area contributed by atoms with Gasteiger partial charge in [0, 0.05) is 23.9 Å². The lowest BCUT2D eigenvalue weighted by atomic mass is 10.0. The third-order valence-corrected chi connectivity index (χ3v) is 4.29. The monoisotopic (exact) mass is 289 g/mol. The van der Waals surface area contributed by atoms with Crippen LogP contribution in [0, 0.1) is 5.82 Å². The minimum absolute atomic E-state index is 0.152. The Bertz CT molecular complexity index is 731. The van der Waals surface area contributed by atoms with Gasteiger partial charge in [-0.15, -0.1) is 0 Å². The number of benzene rings is 1. The predicted octanol–water partition coefficient (Wildman–Crippen LogP) is 2.56. The van der Waals surface area contributed by atoms with Gasteiger partial charge >= 0.3 is 0 Å². The van der Waals surface area contributed by atoms with E-state index in [1.165, 1.54) is 6.07 Å². The van der Waals surface area contributed by atoms with E-state index in [2.05, 4.69) is 0 Å². The molecule has 3 heterocycles. The first kappa shape index (κ1) is 13.0. The van der Waals surface area contributed by atoms with Crippen molar-refractivity contribution in [3.05, 3.63) is 35.3 Å². The first-order valence-electron chi connectivity index (χ1n) is 7.24. The molecule has 4 rings (SSSR count). The second-order valence-electron chi connectivity index (χ2n) is 5.66. The molecule has 0 N–H and O–H groups in total. The van der Waals surface area contributed by atoms with Crippen LogP contribution < -0.4 is 0 Å². The highest BCUT2D eigenvalue weighted by Gasteiger charge is 2.31. The fourth-order valence-corrected chi connectivity index (χ4v) is 3.39. The van der Waals surface area contributed by atoms with Crippen LogP contribution in [0.25, 0.3) is 10.9 Å². The number of halogens is 1. The number of Topliss-reactive ketones (excluding diaryl/α,β-unsaturated/α-hetero) is 1. The summed E-state index contributed by atoms with van der Waals surface area (Å²) in [5.74, 6) is -0.127. The lowest BCUT2D eigenvalue weighted by molar-refractivity contribution is -0.374. The molecule has 2 aliphatic heterocycles. The van der Waals surface area contributed by atoms with Gasteiger partial charge in [0.05, 0.1) is 12.1 Å². The summed E-state index contributed by atoms with van der Waals surface area (Å²) in [6.45, 7) is 2.11. The van der Waals surface area contributed by atoms with Crippen molar-refractivity contribution in [3.63, 3.8) is 0 Å². The number of carbonyl (C=O) groups is 1.